The molecule has 0 amide bonds. The van der Waals surface area contributed by atoms with Crippen LogP contribution < -0.4 is 5.73 Å². The summed E-state index contributed by atoms with van der Waals surface area (Å²) in [6.07, 6.45) is -5.60. The first-order valence-electron chi connectivity index (χ1n) is 2.35. The zero-order valence-electron chi connectivity index (χ0n) is 4.97. The van der Waals surface area contributed by atoms with Gasteiger partial charge in [-0.25, -0.2) is 5.73 Å². The largest absolute Gasteiger partial charge is 0.454 e. The summed E-state index contributed by atoms with van der Waals surface area (Å²) in [6, 6.07) is -2.45. The van der Waals surface area contributed by atoms with Crippen molar-refractivity contribution in [3.8, 4) is 0 Å². The predicted octanol–water partition coefficient (Wildman–Crippen LogP) is 1.86. The van der Waals surface area contributed by atoms with E-state index < -0.39 is 18.1 Å². The zero-order valence-corrected chi connectivity index (χ0v) is 4.97. The molecule has 1 unspecified atom stereocenters. The van der Waals surface area contributed by atoms with Crippen LogP contribution in [0.1, 0.15) is 6.92 Å². The van der Waals surface area contributed by atoms with Crippen LogP contribution in [0.15, 0.2) is 0 Å². The van der Waals surface area contributed by atoms with Gasteiger partial charge in [0.05, 0.1) is 6.04 Å². The molecule has 0 fully saturated rings. The molecule has 61 valence electrons. The smallest absolute Gasteiger partial charge is 0.248 e. The molecule has 1 atom stereocenters. The molecular formula is C4H5F5N. The van der Waals surface area contributed by atoms with Crippen LogP contribution in [-0.2, 0) is 0 Å². The predicted molar refractivity (Wildman–Crippen MR) is 23.6 cm³/mol. The summed E-state index contributed by atoms with van der Waals surface area (Å²) in [7, 11) is 0. The van der Waals surface area contributed by atoms with E-state index in [-0.39, 0.29) is 0 Å². The lowest BCUT2D eigenvalue weighted by Crippen LogP contribution is -2.46. The fraction of sp³-hybridized carbons (Fsp3) is 1.00. The fourth-order valence-corrected chi connectivity index (χ4v) is 0.245. The molecular weight excluding hydrogens is 157 g/mol. The summed E-state index contributed by atoms with van der Waals surface area (Å²) in [6.45, 7) is 0.494. The number of rotatable bonds is 1. The Labute approximate surface area is 54.0 Å². The van der Waals surface area contributed by atoms with Crippen molar-refractivity contribution in [3.05, 3.63) is 0 Å². The van der Waals surface area contributed by atoms with Crippen LogP contribution >= 0.6 is 0 Å². The summed E-state index contributed by atoms with van der Waals surface area (Å²) < 4.78 is 57.1. The number of halogens is 5. The third-order valence-electron chi connectivity index (χ3n) is 0.922. The van der Waals surface area contributed by atoms with Gasteiger partial charge in [-0.1, -0.05) is 0 Å². The van der Waals surface area contributed by atoms with Crippen LogP contribution in [0.4, 0.5) is 22.0 Å². The van der Waals surface area contributed by atoms with Crippen molar-refractivity contribution in [1.29, 1.82) is 0 Å². The zero-order chi connectivity index (χ0) is 8.58. The molecule has 1 radical (unpaired) electrons. The highest BCUT2D eigenvalue weighted by Gasteiger charge is 2.60. The van der Waals surface area contributed by atoms with E-state index in [2.05, 4.69) is 0 Å². The monoisotopic (exact) mass is 162 g/mol. The lowest BCUT2D eigenvalue weighted by atomic mass is 10.2. The van der Waals surface area contributed by atoms with Crippen molar-refractivity contribution in [1.82, 2.24) is 5.73 Å². The molecule has 1 nitrogen and oxygen atoms in total. The average molecular weight is 162 g/mol. The lowest BCUT2D eigenvalue weighted by Gasteiger charge is -2.21. The quantitative estimate of drug-likeness (QED) is 0.525. The van der Waals surface area contributed by atoms with Gasteiger partial charge in [0, 0.05) is 0 Å². The number of nitrogens with one attached hydrogen (secondary N) is 1. The van der Waals surface area contributed by atoms with Crippen LogP contribution in [-0.4, -0.2) is 18.1 Å². The standard InChI is InChI=1S/C4H5F5N/c1-2(10)3(5,6)4(7,8)9/h2,10H,1H3. The van der Waals surface area contributed by atoms with Gasteiger partial charge < -0.3 is 0 Å². The minimum absolute atomic E-state index is 0.494. The summed E-state index contributed by atoms with van der Waals surface area (Å²) in [5.74, 6) is -4.90. The molecule has 0 aromatic carbocycles. The number of alkyl halides is 5. The van der Waals surface area contributed by atoms with Gasteiger partial charge >= 0.3 is 12.1 Å². The molecule has 0 aromatic rings. The molecule has 0 heterocycles. The first-order chi connectivity index (χ1) is 4.19. The lowest BCUT2D eigenvalue weighted by molar-refractivity contribution is -0.288. The molecule has 6 heteroatoms. The second kappa shape index (κ2) is 2.34. The van der Waals surface area contributed by atoms with Crippen LogP contribution in [0.5, 0.6) is 0 Å². The second-order valence-electron chi connectivity index (χ2n) is 1.84. The Balaban J connectivity index is 4.40. The van der Waals surface area contributed by atoms with E-state index in [0.29, 0.717) is 6.92 Å². The van der Waals surface area contributed by atoms with E-state index in [4.69, 9.17) is 5.73 Å². The van der Waals surface area contributed by atoms with Gasteiger partial charge in [0.2, 0.25) is 0 Å². The van der Waals surface area contributed by atoms with Crippen molar-refractivity contribution in [2.45, 2.75) is 25.1 Å². The molecule has 0 aliphatic rings. The summed E-state index contributed by atoms with van der Waals surface area (Å²) in [4.78, 5) is 0. The van der Waals surface area contributed by atoms with Crippen molar-refractivity contribution in [2.24, 2.45) is 0 Å². The third kappa shape index (κ3) is 1.56. The van der Waals surface area contributed by atoms with Gasteiger partial charge in [0.25, 0.3) is 0 Å². The second-order valence-corrected chi connectivity index (χ2v) is 1.84. The first-order valence-corrected chi connectivity index (χ1v) is 2.35. The Morgan fingerprint density at radius 3 is 1.40 bits per heavy atom. The number of hydrogen-bond donors (Lipinski definition) is 0. The third-order valence-corrected chi connectivity index (χ3v) is 0.922. The fourth-order valence-electron chi connectivity index (χ4n) is 0.245. The highest BCUT2D eigenvalue weighted by Crippen LogP contribution is 2.37. The van der Waals surface area contributed by atoms with Gasteiger partial charge in [-0.3, -0.25) is 0 Å². The van der Waals surface area contributed by atoms with E-state index >= 15 is 0 Å². The van der Waals surface area contributed by atoms with Crippen molar-refractivity contribution >= 4 is 0 Å². The van der Waals surface area contributed by atoms with E-state index in [0.717, 1.165) is 0 Å². The molecule has 1 N–H and O–H groups in total. The molecule has 0 saturated carbocycles. The van der Waals surface area contributed by atoms with Gasteiger partial charge in [0.15, 0.2) is 0 Å². The van der Waals surface area contributed by atoms with E-state index in [1.54, 1.807) is 0 Å². The van der Waals surface area contributed by atoms with Crippen LogP contribution in [0.3, 0.4) is 0 Å². The molecule has 0 aliphatic carbocycles. The summed E-state index contributed by atoms with van der Waals surface area (Å²) in [5.41, 5.74) is 6.17. The van der Waals surface area contributed by atoms with Crippen molar-refractivity contribution < 1.29 is 22.0 Å². The summed E-state index contributed by atoms with van der Waals surface area (Å²) in [5, 5.41) is 0. The Kier molecular flexibility index (Phi) is 2.24. The van der Waals surface area contributed by atoms with Crippen LogP contribution in [0.2, 0.25) is 0 Å². The van der Waals surface area contributed by atoms with E-state index in [1.165, 1.54) is 0 Å². The normalized spacial score (nSPS) is 17.1. The molecule has 0 bridgehead atoms. The molecule has 0 spiro atoms. The van der Waals surface area contributed by atoms with Gasteiger partial charge in [0.1, 0.15) is 0 Å². The SMILES string of the molecule is CC([NH])C(F)(F)C(F)(F)F. The van der Waals surface area contributed by atoms with E-state index in [1.807, 2.05) is 0 Å². The Morgan fingerprint density at radius 1 is 1.10 bits per heavy atom. The Bertz CT molecular complexity index is 115. The molecule has 0 saturated heterocycles. The Hall–Kier alpha value is -0.390. The average Bonchev–Trinajstić information content (AvgIpc) is 1.62. The van der Waals surface area contributed by atoms with Crippen LogP contribution in [0.25, 0.3) is 0 Å². The first kappa shape index (κ1) is 9.61. The molecule has 0 aromatic heterocycles. The maximum atomic E-state index is 11.7. The highest BCUT2D eigenvalue weighted by atomic mass is 19.4. The van der Waals surface area contributed by atoms with Gasteiger partial charge in [-0.05, 0) is 6.92 Å². The highest BCUT2D eigenvalue weighted by molar-refractivity contribution is 4.83. The Morgan fingerprint density at radius 2 is 1.40 bits per heavy atom. The van der Waals surface area contributed by atoms with Gasteiger partial charge in [-0.2, -0.15) is 22.0 Å². The molecule has 10 heavy (non-hydrogen) atoms. The van der Waals surface area contributed by atoms with E-state index in [9.17, 15) is 22.0 Å². The number of hydrogen-bond acceptors (Lipinski definition) is 0. The topological polar surface area (TPSA) is 23.8 Å². The minimum Gasteiger partial charge on any atom is -0.248 e. The maximum absolute atomic E-state index is 11.7. The maximum Gasteiger partial charge on any atom is 0.454 e. The van der Waals surface area contributed by atoms with Gasteiger partial charge in [-0.15, -0.1) is 0 Å². The summed E-state index contributed by atoms with van der Waals surface area (Å²) >= 11 is 0. The van der Waals surface area contributed by atoms with Crippen molar-refractivity contribution in [2.75, 3.05) is 0 Å². The van der Waals surface area contributed by atoms with Crippen LogP contribution in [0, 0.1) is 0 Å². The van der Waals surface area contributed by atoms with Crippen molar-refractivity contribution in [3.63, 3.8) is 0 Å². The molecule has 0 aliphatic heterocycles. The minimum atomic E-state index is -5.60. The molecule has 0 rings (SSSR count).